The van der Waals surface area contributed by atoms with Gasteiger partial charge in [0.2, 0.25) is 0 Å². The molecule has 0 radical (unpaired) electrons. The maximum absolute atomic E-state index is 11.7. The molecule has 3 nitrogen and oxygen atoms in total. The molecule has 0 saturated heterocycles. The number of alkyl carbamates (subject to hydrolysis) is 1. The first-order valence-corrected chi connectivity index (χ1v) is 9.32. The molecular formula is C14H29NO2S. The van der Waals surface area contributed by atoms with Crippen molar-refractivity contribution in [3.05, 3.63) is 0 Å². The van der Waals surface area contributed by atoms with E-state index in [9.17, 15) is 4.79 Å². The summed E-state index contributed by atoms with van der Waals surface area (Å²) in [4.78, 5) is 11.7. The van der Waals surface area contributed by atoms with Crippen molar-refractivity contribution in [2.75, 3.05) is 18.3 Å². The van der Waals surface area contributed by atoms with Gasteiger partial charge in [-0.2, -0.15) is 0 Å². The Morgan fingerprint density at radius 2 is 1.78 bits per heavy atom. The Hall–Kier alpha value is -0.380. The molecule has 1 saturated carbocycles. The van der Waals surface area contributed by atoms with E-state index in [2.05, 4.69) is 17.8 Å². The minimum atomic E-state index is -0.401. The molecular weight excluding hydrogens is 246 g/mol. The molecule has 0 aromatic heterocycles. The van der Waals surface area contributed by atoms with Crippen molar-refractivity contribution in [1.29, 1.82) is 0 Å². The van der Waals surface area contributed by atoms with Crippen molar-refractivity contribution in [3.63, 3.8) is 0 Å². The first-order valence-electron chi connectivity index (χ1n) is 6.90. The van der Waals surface area contributed by atoms with E-state index in [4.69, 9.17) is 4.74 Å². The van der Waals surface area contributed by atoms with Gasteiger partial charge in [0.15, 0.2) is 0 Å². The minimum Gasteiger partial charge on any atom is -0.444 e. The third-order valence-electron chi connectivity index (χ3n) is 3.19. The fourth-order valence-electron chi connectivity index (χ4n) is 2.48. The van der Waals surface area contributed by atoms with E-state index in [1.807, 2.05) is 20.8 Å². The number of ether oxygens (including phenoxy) is 1. The van der Waals surface area contributed by atoms with Crippen molar-refractivity contribution >= 4 is 17.0 Å². The maximum atomic E-state index is 11.7. The lowest BCUT2D eigenvalue weighted by Crippen LogP contribution is -2.41. The lowest BCUT2D eigenvalue weighted by Gasteiger charge is -2.31. The highest BCUT2D eigenvalue weighted by molar-refractivity contribution is 8.15. The van der Waals surface area contributed by atoms with Crippen LogP contribution in [-0.2, 0) is 4.74 Å². The third-order valence-corrected chi connectivity index (χ3v) is 4.44. The van der Waals surface area contributed by atoms with E-state index >= 15 is 0 Å². The summed E-state index contributed by atoms with van der Waals surface area (Å²) in [5, 5.41) is 2.99. The molecule has 4 heteroatoms. The van der Waals surface area contributed by atoms with E-state index in [1.165, 1.54) is 18.6 Å². The van der Waals surface area contributed by atoms with Gasteiger partial charge in [-0.05, 0) is 70.6 Å². The summed E-state index contributed by atoms with van der Waals surface area (Å²) in [5.41, 5.74) is -0.401. The predicted octanol–water partition coefficient (Wildman–Crippen LogP) is 3.33. The van der Waals surface area contributed by atoms with Gasteiger partial charge in [0.25, 0.3) is 0 Å². The van der Waals surface area contributed by atoms with E-state index in [1.54, 1.807) is 0 Å². The first kappa shape index (κ1) is 15.7. The zero-order valence-electron chi connectivity index (χ0n) is 12.5. The van der Waals surface area contributed by atoms with Gasteiger partial charge >= 0.3 is 6.09 Å². The van der Waals surface area contributed by atoms with Crippen LogP contribution in [0.4, 0.5) is 4.79 Å². The molecule has 1 aliphatic carbocycles. The van der Waals surface area contributed by atoms with Gasteiger partial charge in [0, 0.05) is 6.04 Å². The average Bonchev–Trinajstić information content (AvgIpc) is 2.17. The zero-order chi connectivity index (χ0) is 13.8. The Morgan fingerprint density at radius 3 is 2.22 bits per heavy atom. The smallest absolute Gasteiger partial charge is 0.407 e. The van der Waals surface area contributed by atoms with Gasteiger partial charge in [0.1, 0.15) is 5.60 Å². The Morgan fingerprint density at radius 1 is 1.22 bits per heavy atom. The number of thiol groups is 1. The number of carbonyl (C=O) groups excluding carboxylic acids is 1. The molecule has 18 heavy (non-hydrogen) atoms. The second-order valence-electron chi connectivity index (χ2n) is 6.63. The lowest BCUT2D eigenvalue weighted by atomic mass is 9.87. The first-order chi connectivity index (χ1) is 8.26. The summed E-state index contributed by atoms with van der Waals surface area (Å²) in [5.74, 6) is 2.26. The summed E-state index contributed by atoms with van der Waals surface area (Å²) in [6, 6.07) is 0.316. The second-order valence-corrected chi connectivity index (χ2v) is 9.15. The molecule has 0 spiro atoms. The van der Waals surface area contributed by atoms with Crippen molar-refractivity contribution in [1.82, 2.24) is 5.32 Å². The summed E-state index contributed by atoms with van der Waals surface area (Å²) >= 11 is 0. The molecule has 108 valence electrons. The molecule has 1 aliphatic rings. The molecule has 0 aromatic rings. The summed E-state index contributed by atoms with van der Waals surface area (Å²) in [7, 11) is 0.215. The highest BCUT2D eigenvalue weighted by Gasteiger charge is 2.24. The van der Waals surface area contributed by atoms with Crippen molar-refractivity contribution in [2.45, 2.75) is 58.1 Å². The van der Waals surface area contributed by atoms with Gasteiger partial charge < -0.3 is 10.1 Å². The molecule has 0 aromatic carbocycles. The van der Waals surface area contributed by atoms with E-state index in [-0.39, 0.29) is 17.0 Å². The van der Waals surface area contributed by atoms with Crippen LogP contribution in [0.1, 0.15) is 46.5 Å². The van der Waals surface area contributed by atoms with Crippen molar-refractivity contribution in [2.24, 2.45) is 5.92 Å². The monoisotopic (exact) mass is 275 g/mol. The zero-order valence-corrected chi connectivity index (χ0v) is 13.3. The number of hydrogen-bond acceptors (Lipinski definition) is 2. The molecule has 1 rings (SSSR count). The number of rotatable bonds is 3. The van der Waals surface area contributed by atoms with Crippen LogP contribution in [0, 0.1) is 5.92 Å². The molecule has 0 atom stereocenters. The second kappa shape index (κ2) is 6.69. The van der Waals surface area contributed by atoms with Crippen LogP contribution < -0.4 is 5.32 Å². The topological polar surface area (TPSA) is 38.3 Å². The largest absolute Gasteiger partial charge is 0.444 e. The standard InChI is InChI=1S/C14H29NO2S/c1-14(2,3)17-13(16)15-12-8-6-11(7-9-12)10-18(4)5/h11-12,18H,6-10H2,1-5H3,(H,15,16)/t11-,12+. The van der Waals surface area contributed by atoms with E-state index < -0.39 is 5.60 Å². The number of carbonyl (C=O) groups is 1. The number of nitrogens with one attached hydrogen (secondary N) is 1. The average molecular weight is 275 g/mol. The Balaban J connectivity index is 2.25. The summed E-state index contributed by atoms with van der Waals surface area (Å²) < 4.78 is 5.29. The van der Waals surface area contributed by atoms with Gasteiger partial charge in [-0.25, -0.2) is 4.79 Å². The summed E-state index contributed by atoms with van der Waals surface area (Å²) in [6.45, 7) is 5.69. The van der Waals surface area contributed by atoms with E-state index in [0.29, 0.717) is 6.04 Å². The summed E-state index contributed by atoms with van der Waals surface area (Å²) in [6.07, 6.45) is 9.14. The third kappa shape index (κ3) is 6.53. The van der Waals surface area contributed by atoms with Crippen LogP contribution in [0.3, 0.4) is 0 Å². The van der Waals surface area contributed by atoms with Gasteiger partial charge in [-0.1, -0.05) is 0 Å². The van der Waals surface area contributed by atoms with Gasteiger partial charge in [-0.15, -0.1) is 0 Å². The molecule has 0 unspecified atom stereocenters. The molecule has 0 heterocycles. The van der Waals surface area contributed by atoms with Crippen molar-refractivity contribution in [3.8, 4) is 0 Å². The Labute approximate surface area is 114 Å². The number of amides is 1. The Kier molecular flexibility index (Phi) is 5.83. The van der Waals surface area contributed by atoms with Crippen LogP contribution in [0.15, 0.2) is 0 Å². The fraction of sp³-hybridized carbons (Fsp3) is 0.929. The SMILES string of the molecule is C[SH](C)C[C@H]1CC[C@@H](NC(=O)OC(C)(C)C)CC1. The highest BCUT2D eigenvalue weighted by Crippen LogP contribution is 2.30. The quantitative estimate of drug-likeness (QED) is 0.775. The van der Waals surface area contributed by atoms with Crippen LogP contribution in [0.25, 0.3) is 0 Å². The van der Waals surface area contributed by atoms with Crippen LogP contribution >= 0.6 is 10.9 Å². The van der Waals surface area contributed by atoms with Gasteiger partial charge in [-0.3, -0.25) is 10.9 Å². The van der Waals surface area contributed by atoms with Gasteiger partial charge in [0.05, 0.1) is 0 Å². The van der Waals surface area contributed by atoms with Crippen LogP contribution in [-0.4, -0.2) is 36.0 Å². The lowest BCUT2D eigenvalue weighted by molar-refractivity contribution is 0.0488. The fourth-order valence-corrected chi connectivity index (χ4v) is 3.88. The number of hydrogen-bond donors (Lipinski definition) is 2. The molecule has 1 amide bonds. The van der Waals surface area contributed by atoms with E-state index in [0.717, 1.165) is 18.8 Å². The van der Waals surface area contributed by atoms with Crippen molar-refractivity contribution < 1.29 is 9.53 Å². The molecule has 0 aliphatic heterocycles. The highest BCUT2D eigenvalue weighted by atomic mass is 32.2. The van der Waals surface area contributed by atoms with Crippen LogP contribution in [0.2, 0.25) is 0 Å². The molecule has 1 N–H and O–H groups in total. The molecule has 1 fully saturated rings. The normalized spacial score (nSPS) is 25.5. The predicted molar refractivity (Wildman–Crippen MR) is 80.8 cm³/mol. The maximum Gasteiger partial charge on any atom is 0.407 e. The van der Waals surface area contributed by atoms with Crippen LogP contribution in [0.5, 0.6) is 0 Å². The minimum absolute atomic E-state index is 0.215. The molecule has 0 bridgehead atoms. The Bertz CT molecular complexity index is 265.